The third-order valence-electron chi connectivity index (χ3n) is 3.60. The molecule has 0 saturated heterocycles. The van der Waals surface area contributed by atoms with Gasteiger partial charge in [-0.05, 0) is 43.3 Å². The summed E-state index contributed by atoms with van der Waals surface area (Å²) < 4.78 is 91.7. The van der Waals surface area contributed by atoms with Gasteiger partial charge in [-0.1, -0.05) is 0 Å². The predicted molar refractivity (Wildman–Crippen MR) is 94.9 cm³/mol. The van der Waals surface area contributed by atoms with Gasteiger partial charge in [-0.15, -0.1) is 13.2 Å². The smallest absolute Gasteiger partial charge is 0.406 e. The average molecular weight is 438 g/mol. The summed E-state index contributed by atoms with van der Waals surface area (Å²) in [7, 11) is -4.07. The number of carbonyl (C=O) groups excluding carboxylic acids is 1. The maximum atomic E-state index is 13.5. The van der Waals surface area contributed by atoms with E-state index in [1.54, 1.807) is 0 Å². The standard InChI is InChI=1S/C17H15F5N2O4S/c1-10(24(29(2,26)27)12-5-8-14(18)15(19)9-12)16(25)23-11-3-6-13(7-4-11)28-17(20,21)22/h3-10H,1-2H3,(H,23,25). The molecule has 12 heteroatoms. The van der Waals surface area contributed by atoms with Crippen LogP contribution in [0.5, 0.6) is 5.75 Å². The maximum absolute atomic E-state index is 13.5. The highest BCUT2D eigenvalue weighted by atomic mass is 32.2. The van der Waals surface area contributed by atoms with Crippen LogP contribution in [0.2, 0.25) is 0 Å². The highest BCUT2D eigenvalue weighted by Gasteiger charge is 2.31. The first-order chi connectivity index (χ1) is 13.3. The van der Waals surface area contributed by atoms with Crippen LogP contribution in [-0.2, 0) is 14.8 Å². The Bertz CT molecular complexity index is 994. The first kappa shape index (κ1) is 22.4. The largest absolute Gasteiger partial charge is 0.573 e. The van der Waals surface area contributed by atoms with Crippen LogP contribution >= 0.6 is 0 Å². The van der Waals surface area contributed by atoms with Crippen LogP contribution in [0.1, 0.15) is 6.92 Å². The number of halogens is 5. The molecule has 1 atom stereocenters. The van der Waals surface area contributed by atoms with Gasteiger partial charge >= 0.3 is 6.36 Å². The zero-order valence-corrected chi connectivity index (χ0v) is 15.8. The number of amides is 1. The predicted octanol–water partition coefficient (Wildman–Crippen LogP) is 3.66. The molecule has 158 valence electrons. The van der Waals surface area contributed by atoms with Gasteiger partial charge < -0.3 is 10.1 Å². The first-order valence-corrected chi connectivity index (χ1v) is 9.74. The Labute approximate surface area is 162 Å². The number of hydrogen-bond donors (Lipinski definition) is 1. The van der Waals surface area contributed by atoms with Gasteiger partial charge in [0.1, 0.15) is 11.8 Å². The van der Waals surface area contributed by atoms with Crippen molar-refractivity contribution in [2.45, 2.75) is 19.3 Å². The fourth-order valence-electron chi connectivity index (χ4n) is 2.42. The van der Waals surface area contributed by atoms with Crippen LogP contribution < -0.4 is 14.4 Å². The molecule has 0 aliphatic carbocycles. The minimum atomic E-state index is -4.88. The number of alkyl halides is 3. The van der Waals surface area contributed by atoms with Gasteiger partial charge in [0.2, 0.25) is 15.9 Å². The Morgan fingerprint density at radius 3 is 2.14 bits per heavy atom. The van der Waals surface area contributed by atoms with Gasteiger partial charge in [0.25, 0.3) is 0 Å². The first-order valence-electron chi connectivity index (χ1n) is 7.89. The van der Waals surface area contributed by atoms with E-state index in [0.717, 1.165) is 36.6 Å². The third-order valence-corrected chi connectivity index (χ3v) is 4.84. The van der Waals surface area contributed by atoms with Crippen molar-refractivity contribution in [3.63, 3.8) is 0 Å². The number of nitrogens with zero attached hydrogens (tertiary/aromatic N) is 1. The summed E-state index contributed by atoms with van der Waals surface area (Å²) in [6.45, 7) is 1.21. The molecule has 0 aromatic heterocycles. The number of rotatable bonds is 6. The van der Waals surface area contributed by atoms with E-state index in [4.69, 9.17) is 0 Å². The van der Waals surface area contributed by atoms with E-state index in [9.17, 15) is 35.2 Å². The Morgan fingerprint density at radius 2 is 1.66 bits per heavy atom. The second-order valence-corrected chi connectivity index (χ2v) is 7.75. The molecule has 0 heterocycles. The lowest BCUT2D eigenvalue weighted by Crippen LogP contribution is -2.45. The van der Waals surface area contributed by atoms with Crippen molar-refractivity contribution >= 4 is 27.3 Å². The molecule has 29 heavy (non-hydrogen) atoms. The van der Waals surface area contributed by atoms with Crippen LogP contribution in [0, 0.1) is 11.6 Å². The van der Waals surface area contributed by atoms with Gasteiger partial charge in [0, 0.05) is 11.8 Å². The van der Waals surface area contributed by atoms with E-state index in [2.05, 4.69) is 10.1 Å². The lowest BCUT2D eigenvalue weighted by molar-refractivity contribution is -0.274. The van der Waals surface area contributed by atoms with Gasteiger partial charge in [-0.2, -0.15) is 0 Å². The molecular formula is C17H15F5N2O4S. The Hall–Kier alpha value is -2.89. The number of sulfonamides is 1. The monoisotopic (exact) mass is 438 g/mol. The molecule has 0 bridgehead atoms. The number of carbonyl (C=O) groups is 1. The normalized spacial score (nSPS) is 12.9. The summed E-state index contributed by atoms with van der Waals surface area (Å²) in [5.41, 5.74) is -0.210. The molecule has 1 amide bonds. The molecule has 0 radical (unpaired) electrons. The molecule has 0 spiro atoms. The molecule has 6 nitrogen and oxygen atoms in total. The molecule has 0 fully saturated rings. The van der Waals surface area contributed by atoms with E-state index in [0.29, 0.717) is 16.4 Å². The fraction of sp³-hybridized carbons (Fsp3) is 0.235. The molecule has 0 saturated carbocycles. The molecular weight excluding hydrogens is 423 g/mol. The number of nitrogens with one attached hydrogen (secondary N) is 1. The number of ether oxygens (including phenoxy) is 1. The highest BCUT2D eigenvalue weighted by Crippen LogP contribution is 2.26. The van der Waals surface area contributed by atoms with Gasteiger partial charge in [-0.3, -0.25) is 9.10 Å². The second-order valence-electron chi connectivity index (χ2n) is 5.89. The Kier molecular flexibility index (Phi) is 6.36. The van der Waals surface area contributed by atoms with Gasteiger partial charge in [0.05, 0.1) is 11.9 Å². The summed E-state index contributed by atoms with van der Waals surface area (Å²) >= 11 is 0. The molecule has 1 unspecified atom stereocenters. The third kappa shape index (κ3) is 6.04. The van der Waals surface area contributed by atoms with E-state index in [1.807, 2.05) is 0 Å². The van der Waals surface area contributed by atoms with Crippen molar-refractivity contribution in [2.24, 2.45) is 0 Å². The summed E-state index contributed by atoms with van der Waals surface area (Å²) in [5, 5.41) is 2.33. The van der Waals surface area contributed by atoms with Crippen molar-refractivity contribution in [1.29, 1.82) is 0 Å². The molecule has 2 aromatic carbocycles. The van der Waals surface area contributed by atoms with E-state index >= 15 is 0 Å². The Morgan fingerprint density at radius 1 is 1.07 bits per heavy atom. The van der Waals surface area contributed by atoms with E-state index in [-0.39, 0.29) is 11.4 Å². The summed E-state index contributed by atoms with van der Waals surface area (Å²) in [4.78, 5) is 12.4. The number of anilines is 2. The minimum Gasteiger partial charge on any atom is -0.406 e. The van der Waals surface area contributed by atoms with E-state index in [1.165, 1.54) is 6.92 Å². The molecule has 2 aromatic rings. The van der Waals surface area contributed by atoms with Crippen LogP contribution in [0.25, 0.3) is 0 Å². The van der Waals surface area contributed by atoms with Crippen molar-refractivity contribution in [3.8, 4) is 5.75 Å². The molecule has 2 rings (SSSR count). The van der Waals surface area contributed by atoms with Crippen molar-refractivity contribution in [1.82, 2.24) is 0 Å². The summed E-state index contributed by atoms with van der Waals surface area (Å²) in [6, 6.07) is 5.10. The lowest BCUT2D eigenvalue weighted by atomic mass is 10.2. The quantitative estimate of drug-likeness (QED) is 0.699. The summed E-state index contributed by atoms with van der Waals surface area (Å²) in [5.74, 6) is -3.86. The van der Waals surface area contributed by atoms with E-state index < -0.39 is 45.7 Å². The molecule has 1 N–H and O–H groups in total. The van der Waals surface area contributed by atoms with Gasteiger partial charge in [-0.25, -0.2) is 17.2 Å². The zero-order chi connectivity index (χ0) is 22.0. The molecule has 0 aliphatic rings. The van der Waals surface area contributed by atoms with Crippen LogP contribution in [0.3, 0.4) is 0 Å². The van der Waals surface area contributed by atoms with Crippen LogP contribution in [-0.4, -0.2) is 33.0 Å². The van der Waals surface area contributed by atoms with Gasteiger partial charge in [0.15, 0.2) is 11.6 Å². The van der Waals surface area contributed by atoms with Crippen molar-refractivity contribution < 1.29 is 39.9 Å². The Balaban J connectivity index is 2.22. The number of hydrogen-bond acceptors (Lipinski definition) is 4. The lowest BCUT2D eigenvalue weighted by Gasteiger charge is -2.28. The zero-order valence-electron chi connectivity index (χ0n) is 15.0. The fourth-order valence-corrected chi connectivity index (χ4v) is 3.58. The van der Waals surface area contributed by atoms with Crippen molar-refractivity contribution in [3.05, 3.63) is 54.1 Å². The van der Waals surface area contributed by atoms with Crippen LogP contribution in [0.4, 0.5) is 33.3 Å². The average Bonchev–Trinajstić information content (AvgIpc) is 2.57. The highest BCUT2D eigenvalue weighted by molar-refractivity contribution is 7.92. The number of benzene rings is 2. The minimum absolute atomic E-state index is 0.0649. The SMILES string of the molecule is CC(C(=O)Nc1ccc(OC(F)(F)F)cc1)N(c1ccc(F)c(F)c1)S(C)(=O)=O. The molecule has 0 aliphatic heterocycles. The topological polar surface area (TPSA) is 75.7 Å². The maximum Gasteiger partial charge on any atom is 0.573 e. The second kappa shape index (κ2) is 8.23. The van der Waals surface area contributed by atoms with Crippen LogP contribution in [0.15, 0.2) is 42.5 Å². The van der Waals surface area contributed by atoms with Crippen molar-refractivity contribution in [2.75, 3.05) is 15.9 Å². The summed E-state index contributed by atoms with van der Waals surface area (Å²) in [6.07, 6.45) is -4.10.